The summed E-state index contributed by atoms with van der Waals surface area (Å²) >= 11 is 0. The number of aliphatic hydroxyl groups is 1. The van der Waals surface area contributed by atoms with Crippen LogP contribution < -0.4 is 10.5 Å². The second-order valence-corrected chi connectivity index (χ2v) is 11.1. The number of hydrogen-bond donors (Lipinski definition) is 3. The van der Waals surface area contributed by atoms with Gasteiger partial charge in [-0.15, -0.1) is 0 Å². The van der Waals surface area contributed by atoms with Crippen LogP contribution >= 0.6 is 0 Å². The van der Waals surface area contributed by atoms with E-state index in [2.05, 4.69) is 9.71 Å². The molecule has 0 fully saturated rings. The van der Waals surface area contributed by atoms with Crippen LogP contribution in [0, 0.1) is 0 Å². The first-order chi connectivity index (χ1) is 18.7. The molecule has 39 heavy (non-hydrogen) atoms. The van der Waals surface area contributed by atoms with Crippen LogP contribution in [0.2, 0.25) is 0 Å². The van der Waals surface area contributed by atoms with Crippen molar-refractivity contribution in [3.8, 4) is 0 Å². The van der Waals surface area contributed by atoms with Gasteiger partial charge in [-0.25, -0.2) is 9.78 Å². The number of carbonyl (C=O) groups excluding carboxylic acids is 1. The van der Waals surface area contributed by atoms with Gasteiger partial charge >= 0.3 is 5.97 Å². The summed E-state index contributed by atoms with van der Waals surface area (Å²) in [6.45, 7) is 3.82. The monoisotopic (exact) mass is 551 g/mol. The Morgan fingerprint density at radius 2 is 1.79 bits per heavy atom. The topological polar surface area (TPSA) is 141 Å². The third-order valence-electron chi connectivity index (χ3n) is 6.61. The summed E-state index contributed by atoms with van der Waals surface area (Å²) in [6, 6.07) is 19.2. The molecule has 0 saturated carbocycles. The molecule has 9 nitrogen and oxygen atoms in total. The van der Waals surface area contributed by atoms with Crippen molar-refractivity contribution in [2.45, 2.75) is 62.7 Å². The third-order valence-corrected chi connectivity index (χ3v) is 7.91. The number of pyridine rings is 1. The third kappa shape index (κ3) is 6.51. The molecule has 0 saturated heterocycles. The van der Waals surface area contributed by atoms with Gasteiger partial charge in [0.1, 0.15) is 5.57 Å². The van der Waals surface area contributed by atoms with Crippen LogP contribution in [0.15, 0.2) is 89.5 Å². The number of hydrogen-bond acceptors (Lipinski definition) is 8. The average molecular weight is 552 g/mol. The fourth-order valence-electron chi connectivity index (χ4n) is 4.73. The van der Waals surface area contributed by atoms with Crippen LogP contribution in [0.4, 0.5) is 11.4 Å². The lowest BCUT2D eigenvalue weighted by molar-refractivity contribution is -0.244. The van der Waals surface area contributed by atoms with Gasteiger partial charge in [-0.1, -0.05) is 56.3 Å². The van der Waals surface area contributed by atoms with Crippen LogP contribution in [0.1, 0.15) is 56.6 Å². The highest BCUT2D eigenvalue weighted by molar-refractivity contribution is 7.92. The summed E-state index contributed by atoms with van der Waals surface area (Å²) in [5.74, 6) is -2.97. The van der Waals surface area contributed by atoms with Crippen LogP contribution in [-0.4, -0.2) is 30.3 Å². The summed E-state index contributed by atoms with van der Waals surface area (Å²) in [7, 11) is -3.97. The molecule has 3 aromatic rings. The van der Waals surface area contributed by atoms with E-state index in [0.29, 0.717) is 43.4 Å². The molecule has 1 aliphatic heterocycles. The molecule has 0 spiro atoms. The second kappa shape index (κ2) is 11.8. The molecule has 4 rings (SSSR count). The first kappa shape index (κ1) is 28.0. The van der Waals surface area contributed by atoms with Crippen LogP contribution in [0.3, 0.4) is 0 Å². The number of nitrogens with two attached hydrogens (primary N) is 1. The number of aryl methyl sites for hydroxylation is 1. The zero-order valence-electron chi connectivity index (χ0n) is 22.0. The number of ether oxygens (including phenoxy) is 2. The number of esters is 1. The molecule has 0 radical (unpaired) electrons. The number of nitrogen functional groups attached to an aromatic ring is 1. The molecule has 0 amide bonds. The molecule has 2 atom stereocenters. The fourth-order valence-corrected chi connectivity index (χ4v) is 5.71. The smallest absolute Gasteiger partial charge is 0.345 e. The Labute approximate surface area is 228 Å². The predicted octanol–water partition coefficient (Wildman–Crippen LogP) is 5.43. The highest BCUT2D eigenvalue weighted by atomic mass is 32.2. The van der Waals surface area contributed by atoms with Crippen molar-refractivity contribution in [3.05, 3.63) is 95.6 Å². The Balaban J connectivity index is 1.58. The number of carbonyl (C=O) groups is 1. The Bertz CT molecular complexity index is 1440. The normalized spacial score (nSPS) is 18.3. The lowest BCUT2D eigenvalue weighted by atomic mass is 9.88. The second-order valence-electron chi connectivity index (χ2n) is 9.48. The number of sulfonamides is 1. The molecule has 2 heterocycles. The summed E-state index contributed by atoms with van der Waals surface area (Å²) < 4.78 is 40.0. The molecular formula is C29H33N3O6S. The number of nitrogens with one attached hydrogen (secondary N) is 1. The van der Waals surface area contributed by atoms with Gasteiger partial charge in [0, 0.05) is 24.4 Å². The Kier molecular flexibility index (Phi) is 8.44. The van der Waals surface area contributed by atoms with Crippen molar-refractivity contribution >= 4 is 27.4 Å². The highest BCUT2D eigenvalue weighted by Gasteiger charge is 2.45. The maximum absolute atomic E-state index is 13.4. The van der Waals surface area contributed by atoms with E-state index in [9.17, 15) is 18.3 Å². The first-order valence-electron chi connectivity index (χ1n) is 12.9. The largest absolute Gasteiger partial charge is 0.480 e. The van der Waals surface area contributed by atoms with E-state index in [-0.39, 0.29) is 16.3 Å². The standard InChI is InChI=1S/C29H33N3O6S/c1-3-16-29(17-15-20-9-6-5-7-10-20)37-27(33)26(28(34)38-29)24(4-2)21-11-8-12-23(18-21)32-39(35,36)25-14-13-22(30)19-31-25/h5-14,18-19,24,32-33H,3-4,15-17,30H2,1-2H3. The van der Waals surface area contributed by atoms with Gasteiger partial charge < -0.3 is 20.3 Å². The maximum atomic E-state index is 13.4. The van der Waals surface area contributed by atoms with E-state index in [1.54, 1.807) is 24.3 Å². The van der Waals surface area contributed by atoms with Gasteiger partial charge in [0.05, 0.1) is 11.9 Å². The van der Waals surface area contributed by atoms with E-state index in [1.807, 2.05) is 44.2 Å². The molecule has 0 aliphatic carbocycles. The van der Waals surface area contributed by atoms with Gasteiger partial charge in [0.15, 0.2) is 5.03 Å². The molecule has 4 N–H and O–H groups in total. The number of aliphatic hydroxyl groups excluding tert-OH is 1. The molecule has 2 unspecified atom stereocenters. The van der Waals surface area contributed by atoms with Crippen molar-refractivity contribution in [3.63, 3.8) is 0 Å². The Morgan fingerprint density at radius 3 is 2.44 bits per heavy atom. The van der Waals surface area contributed by atoms with Gasteiger partial charge in [0.2, 0.25) is 0 Å². The predicted molar refractivity (Wildman–Crippen MR) is 148 cm³/mol. The zero-order chi connectivity index (χ0) is 28.0. The minimum absolute atomic E-state index is 0.00384. The minimum atomic E-state index is -3.97. The van der Waals surface area contributed by atoms with Gasteiger partial charge in [0.25, 0.3) is 21.8 Å². The van der Waals surface area contributed by atoms with E-state index < -0.39 is 33.6 Å². The molecule has 206 valence electrons. The molecular weight excluding hydrogens is 518 g/mol. The fraction of sp³-hybridized carbons (Fsp3) is 0.310. The van der Waals surface area contributed by atoms with Crippen LogP contribution in [0.25, 0.3) is 0 Å². The Hall–Kier alpha value is -4.05. The van der Waals surface area contributed by atoms with E-state index in [0.717, 1.165) is 5.56 Å². The van der Waals surface area contributed by atoms with Crippen molar-refractivity contribution in [1.82, 2.24) is 4.98 Å². The quantitative estimate of drug-likeness (QED) is 0.268. The van der Waals surface area contributed by atoms with Crippen molar-refractivity contribution in [1.29, 1.82) is 0 Å². The number of aromatic nitrogens is 1. The number of cyclic esters (lactones) is 1. The molecule has 0 bridgehead atoms. The van der Waals surface area contributed by atoms with Gasteiger partial charge in [-0.05, 0) is 54.7 Å². The van der Waals surface area contributed by atoms with Crippen molar-refractivity contribution in [2.75, 3.05) is 10.5 Å². The summed E-state index contributed by atoms with van der Waals surface area (Å²) in [4.78, 5) is 17.2. The lowest BCUT2D eigenvalue weighted by Gasteiger charge is -2.38. The average Bonchev–Trinajstić information content (AvgIpc) is 2.90. The van der Waals surface area contributed by atoms with E-state index >= 15 is 0 Å². The molecule has 10 heteroatoms. The van der Waals surface area contributed by atoms with Crippen molar-refractivity contribution < 1.29 is 27.8 Å². The zero-order valence-corrected chi connectivity index (χ0v) is 22.8. The van der Waals surface area contributed by atoms with E-state index in [4.69, 9.17) is 15.2 Å². The first-order valence-corrected chi connectivity index (χ1v) is 14.4. The molecule has 2 aromatic carbocycles. The van der Waals surface area contributed by atoms with E-state index in [1.165, 1.54) is 18.3 Å². The van der Waals surface area contributed by atoms with Crippen molar-refractivity contribution in [2.24, 2.45) is 0 Å². The molecule has 1 aliphatic rings. The van der Waals surface area contributed by atoms with Gasteiger partial charge in [-0.2, -0.15) is 8.42 Å². The number of anilines is 2. The highest BCUT2D eigenvalue weighted by Crippen LogP contribution is 2.40. The van der Waals surface area contributed by atoms with Gasteiger partial charge in [-0.3, -0.25) is 4.72 Å². The number of benzene rings is 2. The Morgan fingerprint density at radius 1 is 1.03 bits per heavy atom. The summed E-state index contributed by atoms with van der Waals surface area (Å²) in [5.41, 5.74) is 7.92. The minimum Gasteiger partial charge on any atom is -0.480 e. The maximum Gasteiger partial charge on any atom is 0.345 e. The molecule has 1 aromatic heterocycles. The van der Waals surface area contributed by atoms with Crippen LogP contribution in [0.5, 0.6) is 0 Å². The number of rotatable bonds is 11. The number of nitrogens with zero attached hydrogens (tertiary/aromatic N) is 1. The summed E-state index contributed by atoms with van der Waals surface area (Å²) in [6.07, 6.45) is 3.81. The SMILES string of the molecule is CCCC1(CCc2ccccc2)OC(=O)C(C(CC)c2cccc(NS(=O)(=O)c3ccc(N)cn3)c2)=C(O)O1. The van der Waals surface area contributed by atoms with Crippen LogP contribution in [-0.2, 0) is 30.7 Å². The lowest BCUT2D eigenvalue weighted by Crippen LogP contribution is -2.43. The summed E-state index contributed by atoms with van der Waals surface area (Å²) in [5, 5.41) is 10.8.